The largest absolute Gasteiger partial charge is 0.504 e. The van der Waals surface area contributed by atoms with E-state index in [9.17, 15) is 19.8 Å². The van der Waals surface area contributed by atoms with E-state index in [1.807, 2.05) is 0 Å². The number of phenols is 2. The maximum Gasteiger partial charge on any atom is 0.329 e. The average molecular weight is 281 g/mol. The lowest BCUT2D eigenvalue weighted by Gasteiger charge is -2.47. The number of amides is 1. The molecule has 0 aromatic heterocycles. The molecule has 1 aliphatic rings. The van der Waals surface area contributed by atoms with Crippen LogP contribution in [0.5, 0.6) is 11.5 Å². The molecule has 7 heteroatoms. The van der Waals surface area contributed by atoms with Gasteiger partial charge in [0.15, 0.2) is 11.5 Å². The van der Waals surface area contributed by atoms with Gasteiger partial charge in [-0.2, -0.15) is 0 Å². The van der Waals surface area contributed by atoms with Gasteiger partial charge in [0.25, 0.3) is 5.91 Å². The maximum atomic E-state index is 12.1. The Morgan fingerprint density at radius 1 is 1.30 bits per heavy atom. The van der Waals surface area contributed by atoms with Gasteiger partial charge in [-0.25, -0.2) is 4.79 Å². The van der Waals surface area contributed by atoms with Gasteiger partial charge in [0, 0.05) is 5.56 Å². The van der Waals surface area contributed by atoms with Crippen molar-refractivity contribution in [2.24, 2.45) is 0 Å². The van der Waals surface area contributed by atoms with Crippen LogP contribution in [0.15, 0.2) is 18.2 Å². The topological polar surface area (TPSA) is 107 Å². The van der Waals surface area contributed by atoms with E-state index in [-0.39, 0.29) is 36.1 Å². The molecular weight excluding hydrogens is 266 g/mol. The molecule has 7 nitrogen and oxygen atoms in total. The predicted molar refractivity (Wildman–Crippen MR) is 67.7 cm³/mol. The number of carbonyl (C=O) groups is 2. The van der Waals surface area contributed by atoms with Crippen molar-refractivity contribution in [1.82, 2.24) is 4.90 Å². The molecule has 0 radical (unpaired) electrons. The quantitative estimate of drug-likeness (QED) is 0.690. The summed E-state index contributed by atoms with van der Waals surface area (Å²) in [5.41, 5.74) is -0.409. The van der Waals surface area contributed by atoms with Crippen LogP contribution in [0, 0.1) is 0 Å². The number of aliphatic carboxylic acids is 1. The van der Waals surface area contributed by atoms with Crippen LogP contribution in [0.3, 0.4) is 0 Å². The minimum Gasteiger partial charge on any atom is -0.504 e. The number of benzene rings is 1. The zero-order valence-corrected chi connectivity index (χ0v) is 10.9. The SMILES string of the molecule is CC1(OCC(=O)O)CN(C(=O)c2ccc(O)c(O)c2)C1. The Kier molecular flexibility index (Phi) is 3.54. The number of likely N-dealkylation sites (tertiary alicyclic amines) is 1. The van der Waals surface area contributed by atoms with Crippen LogP contribution in [0.25, 0.3) is 0 Å². The van der Waals surface area contributed by atoms with Gasteiger partial charge in [-0.1, -0.05) is 0 Å². The fraction of sp³-hybridized carbons (Fsp3) is 0.385. The first kappa shape index (κ1) is 14.1. The normalized spacial score (nSPS) is 16.6. The Balaban J connectivity index is 1.96. The van der Waals surface area contributed by atoms with Crippen LogP contribution in [-0.2, 0) is 9.53 Å². The van der Waals surface area contributed by atoms with Crippen LogP contribution in [0.4, 0.5) is 0 Å². The van der Waals surface area contributed by atoms with Crippen molar-refractivity contribution in [3.63, 3.8) is 0 Å². The monoisotopic (exact) mass is 281 g/mol. The molecule has 0 atom stereocenters. The molecule has 1 fully saturated rings. The maximum absolute atomic E-state index is 12.1. The van der Waals surface area contributed by atoms with Crippen LogP contribution in [0.2, 0.25) is 0 Å². The minimum atomic E-state index is -1.06. The molecule has 1 amide bonds. The van der Waals surface area contributed by atoms with Gasteiger partial charge in [0.05, 0.1) is 13.1 Å². The Morgan fingerprint density at radius 3 is 2.50 bits per heavy atom. The third-order valence-electron chi connectivity index (χ3n) is 3.10. The summed E-state index contributed by atoms with van der Waals surface area (Å²) in [6.07, 6.45) is 0. The molecule has 1 aliphatic heterocycles. The van der Waals surface area contributed by atoms with Crippen molar-refractivity contribution in [1.29, 1.82) is 0 Å². The van der Waals surface area contributed by atoms with Crippen LogP contribution in [0.1, 0.15) is 17.3 Å². The van der Waals surface area contributed by atoms with E-state index in [0.29, 0.717) is 0 Å². The lowest BCUT2D eigenvalue weighted by atomic mass is 9.95. The Bertz CT molecular complexity index is 550. The summed E-state index contributed by atoms with van der Waals surface area (Å²) in [7, 11) is 0. The average Bonchev–Trinajstić information content (AvgIpc) is 2.35. The molecule has 3 N–H and O–H groups in total. The third kappa shape index (κ3) is 2.83. The molecule has 0 spiro atoms. The Morgan fingerprint density at radius 2 is 1.95 bits per heavy atom. The van der Waals surface area contributed by atoms with Gasteiger partial charge in [0.1, 0.15) is 12.2 Å². The highest BCUT2D eigenvalue weighted by atomic mass is 16.5. The smallest absolute Gasteiger partial charge is 0.329 e. The van der Waals surface area contributed by atoms with E-state index in [1.54, 1.807) is 6.92 Å². The summed E-state index contributed by atoms with van der Waals surface area (Å²) in [6.45, 7) is 1.88. The number of phenolic OH excluding ortho intramolecular Hbond substituents is 2. The fourth-order valence-electron chi connectivity index (χ4n) is 2.07. The number of ether oxygens (including phenoxy) is 1. The van der Waals surface area contributed by atoms with Crippen molar-refractivity contribution in [2.45, 2.75) is 12.5 Å². The first-order chi connectivity index (χ1) is 9.31. The van der Waals surface area contributed by atoms with E-state index in [4.69, 9.17) is 9.84 Å². The molecule has 1 saturated heterocycles. The summed E-state index contributed by atoms with van der Waals surface area (Å²) in [4.78, 5) is 24.0. The molecule has 1 aromatic rings. The van der Waals surface area contributed by atoms with Gasteiger partial charge < -0.3 is 25.0 Å². The number of carboxylic acid groups (broad SMARTS) is 1. The lowest BCUT2D eigenvalue weighted by Crippen LogP contribution is -2.63. The van der Waals surface area contributed by atoms with E-state index >= 15 is 0 Å². The van der Waals surface area contributed by atoms with E-state index in [0.717, 1.165) is 0 Å². The molecular formula is C13H15NO6. The fourth-order valence-corrected chi connectivity index (χ4v) is 2.07. The zero-order valence-electron chi connectivity index (χ0n) is 10.9. The minimum absolute atomic E-state index is 0.251. The van der Waals surface area contributed by atoms with Crippen LogP contribution < -0.4 is 0 Å². The van der Waals surface area contributed by atoms with Gasteiger partial charge in [-0.3, -0.25) is 4.79 Å². The molecule has 1 aromatic carbocycles. The highest BCUT2D eigenvalue weighted by Crippen LogP contribution is 2.29. The van der Waals surface area contributed by atoms with Gasteiger partial charge >= 0.3 is 5.97 Å². The number of hydrogen-bond acceptors (Lipinski definition) is 5. The highest BCUT2D eigenvalue weighted by molar-refractivity contribution is 5.95. The second-order valence-corrected chi connectivity index (χ2v) is 5.00. The van der Waals surface area contributed by atoms with Crippen molar-refractivity contribution >= 4 is 11.9 Å². The molecule has 0 saturated carbocycles. The van der Waals surface area contributed by atoms with E-state index < -0.39 is 18.2 Å². The molecule has 20 heavy (non-hydrogen) atoms. The van der Waals surface area contributed by atoms with Gasteiger partial charge in [-0.05, 0) is 25.1 Å². The molecule has 0 bridgehead atoms. The number of rotatable bonds is 4. The zero-order chi connectivity index (χ0) is 14.9. The number of aromatic hydroxyl groups is 2. The molecule has 108 valence electrons. The molecule has 0 unspecified atom stereocenters. The summed E-state index contributed by atoms with van der Waals surface area (Å²) in [5.74, 6) is -2.02. The Hall–Kier alpha value is -2.28. The number of nitrogens with zero attached hydrogens (tertiary/aromatic N) is 1. The summed E-state index contributed by atoms with van der Waals surface area (Å²) < 4.78 is 5.20. The molecule has 2 rings (SSSR count). The van der Waals surface area contributed by atoms with Crippen molar-refractivity contribution in [3.8, 4) is 11.5 Å². The first-order valence-electron chi connectivity index (χ1n) is 5.98. The predicted octanol–water partition coefficient (Wildman–Crippen LogP) is 0.413. The molecule has 0 aliphatic carbocycles. The van der Waals surface area contributed by atoms with Crippen molar-refractivity contribution in [2.75, 3.05) is 19.7 Å². The second kappa shape index (κ2) is 5.01. The summed E-state index contributed by atoms with van der Waals surface area (Å²) >= 11 is 0. The highest BCUT2D eigenvalue weighted by Gasteiger charge is 2.43. The first-order valence-corrected chi connectivity index (χ1v) is 5.98. The van der Waals surface area contributed by atoms with Crippen LogP contribution >= 0.6 is 0 Å². The van der Waals surface area contributed by atoms with E-state index in [1.165, 1.54) is 23.1 Å². The summed E-state index contributed by atoms with van der Waals surface area (Å²) in [5, 5.41) is 27.1. The van der Waals surface area contributed by atoms with E-state index in [2.05, 4.69) is 0 Å². The second-order valence-electron chi connectivity index (χ2n) is 5.00. The third-order valence-corrected chi connectivity index (χ3v) is 3.10. The van der Waals surface area contributed by atoms with Gasteiger partial charge in [-0.15, -0.1) is 0 Å². The Labute approximate surface area is 115 Å². The molecule has 1 heterocycles. The lowest BCUT2D eigenvalue weighted by molar-refractivity contribution is -0.159. The summed E-state index contributed by atoms with van der Waals surface area (Å²) in [6, 6.07) is 3.83. The standard InChI is InChI=1S/C13H15NO6/c1-13(20-5-11(17)18)6-14(7-13)12(19)8-2-3-9(15)10(16)4-8/h2-4,15-16H,5-7H2,1H3,(H,17,18). The van der Waals surface area contributed by atoms with Crippen LogP contribution in [-0.4, -0.2) is 57.4 Å². The number of hydrogen-bond donors (Lipinski definition) is 3. The van der Waals surface area contributed by atoms with Gasteiger partial charge in [0.2, 0.25) is 0 Å². The van der Waals surface area contributed by atoms with Crippen molar-refractivity contribution in [3.05, 3.63) is 23.8 Å². The number of carboxylic acids is 1. The van der Waals surface area contributed by atoms with Crippen molar-refractivity contribution < 1.29 is 29.6 Å². The number of carbonyl (C=O) groups excluding carboxylic acids is 1.